The van der Waals surface area contributed by atoms with Gasteiger partial charge in [-0.05, 0) is 67.0 Å². The van der Waals surface area contributed by atoms with E-state index in [4.69, 9.17) is 4.74 Å². The Morgan fingerprint density at radius 2 is 1.86 bits per heavy atom. The summed E-state index contributed by atoms with van der Waals surface area (Å²) in [7, 11) is 0. The number of amides is 1. The number of hydrogen-bond acceptors (Lipinski definition) is 7. The van der Waals surface area contributed by atoms with Crippen molar-refractivity contribution in [3.63, 3.8) is 0 Å². The summed E-state index contributed by atoms with van der Waals surface area (Å²) in [4.78, 5) is 52.6. The minimum Gasteiger partial charge on any atom is -0.462 e. The smallest absolute Gasteiger partial charge is 0.343 e. The highest BCUT2D eigenvalue weighted by Crippen LogP contribution is 2.36. The van der Waals surface area contributed by atoms with Crippen molar-refractivity contribution in [1.82, 2.24) is 8.94 Å². The van der Waals surface area contributed by atoms with Crippen LogP contribution in [-0.4, -0.2) is 33.2 Å². The number of ether oxygens (including phenoxy) is 1. The number of ketones is 1. The fourth-order valence-corrected chi connectivity index (χ4v) is 5.02. The highest BCUT2D eigenvalue weighted by atomic mass is 32.1. The van der Waals surface area contributed by atoms with E-state index in [1.54, 1.807) is 13.8 Å². The van der Waals surface area contributed by atoms with Crippen LogP contribution in [0.15, 0.2) is 35.3 Å². The number of fused-ring (bicyclic) bond motifs is 1. The van der Waals surface area contributed by atoms with E-state index >= 15 is 0 Å². The Morgan fingerprint density at radius 3 is 2.51 bits per heavy atom. The van der Waals surface area contributed by atoms with Crippen LogP contribution in [0.4, 0.5) is 9.39 Å². The van der Waals surface area contributed by atoms with Gasteiger partial charge < -0.3 is 10.1 Å². The molecule has 0 radical (unpaired) electrons. The molecule has 0 fully saturated rings. The first-order valence-electron chi connectivity index (χ1n) is 11.0. The number of halogens is 1. The van der Waals surface area contributed by atoms with E-state index in [2.05, 4.69) is 9.69 Å². The van der Waals surface area contributed by atoms with E-state index in [1.165, 1.54) is 35.0 Å². The monoisotopic (exact) mass is 497 g/mol. The zero-order valence-corrected chi connectivity index (χ0v) is 20.5. The van der Waals surface area contributed by atoms with Crippen molar-refractivity contribution < 1.29 is 23.5 Å². The summed E-state index contributed by atoms with van der Waals surface area (Å²) in [6.45, 7) is 7.22. The van der Waals surface area contributed by atoms with Crippen molar-refractivity contribution >= 4 is 34.2 Å². The van der Waals surface area contributed by atoms with Gasteiger partial charge >= 0.3 is 5.97 Å². The third-order valence-corrected chi connectivity index (χ3v) is 6.67. The molecular weight excluding hydrogens is 473 g/mol. The van der Waals surface area contributed by atoms with Crippen molar-refractivity contribution in [3.8, 4) is 5.69 Å². The molecule has 0 bridgehead atoms. The van der Waals surface area contributed by atoms with Gasteiger partial charge in [-0.2, -0.15) is 4.37 Å². The van der Waals surface area contributed by atoms with Crippen LogP contribution in [-0.2, 0) is 11.2 Å². The van der Waals surface area contributed by atoms with Crippen LogP contribution in [0.1, 0.15) is 69.5 Å². The van der Waals surface area contributed by atoms with Gasteiger partial charge in [0.15, 0.2) is 5.78 Å². The lowest BCUT2D eigenvalue weighted by Gasteiger charge is -2.31. The number of anilines is 1. The average Bonchev–Trinajstić information content (AvgIpc) is 3.13. The summed E-state index contributed by atoms with van der Waals surface area (Å²) in [6, 6.07) is 5.18. The zero-order valence-electron chi connectivity index (χ0n) is 19.7. The molecule has 1 aliphatic rings. The van der Waals surface area contributed by atoms with Gasteiger partial charge in [0, 0.05) is 23.9 Å². The molecule has 0 saturated carbocycles. The molecule has 182 valence electrons. The van der Waals surface area contributed by atoms with Gasteiger partial charge in [-0.3, -0.25) is 19.0 Å². The molecule has 10 heteroatoms. The maximum Gasteiger partial charge on any atom is 0.343 e. The van der Waals surface area contributed by atoms with Gasteiger partial charge in [0.25, 0.3) is 11.5 Å². The SMILES string of the molecule is CCOC(=O)c1c(C)nsc1NC(=O)c1c2c(cn(-c3ccc(F)cc3)c1=O)C(=O)CC(C)(C)C2. The van der Waals surface area contributed by atoms with Gasteiger partial charge in [-0.15, -0.1) is 0 Å². The summed E-state index contributed by atoms with van der Waals surface area (Å²) in [6.07, 6.45) is 2.01. The fraction of sp³-hybridized carbons (Fsp3) is 0.320. The Bertz CT molecular complexity index is 1410. The number of rotatable bonds is 5. The molecule has 35 heavy (non-hydrogen) atoms. The topological polar surface area (TPSA) is 107 Å². The second-order valence-electron chi connectivity index (χ2n) is 9.14. The fourth-order valence-electron chi connectivity index (χ4n) is 4.24. The molecule has 3 aromatic rings. The maximum absolute atomic E-state index is 13.6. The molecule has 8 nitrogen and oxygen atoms in total. The molecule has 0 unspecified atom stereocenters. The number of benzene rings is 1. The number of nitrogens with one attached hydrogen (secondary N) is 1. The minimum absolute atomic E-state index is 0.116. The third kappa shape index (κ3) is 4.66. The molecule has 1 aliphatic carbocycles. The summed E-state index contributed by atoms with van der Waals surface area (Å²) < 4.78 is 23.9. The molecule has 0 spiro atoms. The van der Waals surface area contributed by atoms with Crippen molar-refractivity contribution in [3.05, 3.63) is 74.6 Å². The molecule has 0 saturated heterocycles. The number of aromatic nitrogens is 2. The van der Waals surface area contributed by atoms with Crippen molar-refractivity contribution in [1.29, 1.82) is 0 Å². The first-order chi connectivity index (χ1) is 16.5. The van der Waals surface area contributed by atoms with E-state index in [1.807, 2.05) is 13.8 Å². The highest BCUT2D eigenvalue weighted by molar-refractivity contribution is 7.11. The number of hydrogen-bond donors (Lipinski definition) is 1. The molecule has 2 heterocycles. The van der Waals surface area contributed by atoms with E-state index in [9.17, 15) is 23.6 Å². The standard InChI is InChI=1S/C25H24FN3O5S/c1-5-34-24(33)19-13(2)28-35-22(19)27-21(31)20-16-10-25(3,4)11-18(30)17(16)12-29(23(20)32)15-8-6-14(26)7-9-15/h6-9,12H,5,10-11H2,1-4H3,(H,27,31). The Kier molecular flexibility index (Phi) is 6.42. The van der Waals surface area contributed by atoms with Crippen molar-refractivity contribution in [2.24, 2.45) is 5.41 Å². The number of carbonyl (C=O) groups is 3. The van der Waals surface area contributed by atoms with Crippen LogP contribution in [0.2, 0.25) is 0 Å². The molecule has 1 amide bonds. The summed E-state index contributed by atoms with van der Waals surface area (Å²) in [5.74, 6) is -2.07. The molecule has 2 aromatic heterocycles. The molecule has 0 atom stereocenters. The molecule has 1 N–H and O–H groups in total. The number of pyridine rings is 1. The van der Waals surface area contributed by atoms with Gasteiger partial charge in [-0.25, -0.2) is 9.18 Å². The number of nitrogens with zero attached hydrogens (tertiary/aromatic N) is 2. The van der Waals surface area contributed by atoms with E-state index < -0.39 is 28.7 Å². The van der Waals surface area contributed by atoms with Gasteiger partial charge in [0.1, 0.15) is 21.9 Å². The van der Waals surface area contributed by atoms with Crippen LogP contribution in [0.3, 0.4) is 0 Å². The number of Topliss-reactive ketones (excluding diaryl/α,β-unsaturated/α-hetero) is 1. The second-order valence-corrected chi connectivity index (χ2v) is 9.91. The summed E-state index contributed by atoms with van der Waals surface area (Å²) in [5.41, 5.74) is 0.127. The normalized spacial score (nSPS) is 14.4. The Labute approximate surface area is 204 Å². The van der Waals surface area contributed by atoms with Gasteiger partial charge in [0.05, 0.1) is 12.3 Å². The molecule has 0 aliphatic heterocycles. The van der Waals surface area contributed by atoms with Crippen LogP contribution >= 0.6 is 11.5 Å². The zero-order chi connectivity index (χ0) is 25.5. The van der Waals surface area contributed by atoms with E-state index in [0.717, 1.165) is 11.5 Å². The Hall–Kier alpha value is -3.66. The van der Waals surface area contributed by atoms with E-state index in [0.29, 0.717) is 23.4 Å². The summed E-state index contributed by atoms with van der Waals surface area (Å²) in [5, 5.41) is 2.79. The first kappa shape index (κ1) is 24.5. The predicted octanol–water partition coefficient (Wildman–Crippen LogP) is 4.33. The van der Waals surface area contributed by atoms with Crippen LogP contribution < -0.4 is 10.9 Å². The Balaban J connectivity index is 1.87. The largest absolute Gasteiger partial charge is 0.462 e. The molecule has 1 aromatic carbocycles. The van der Waals surface area contributed by atoms with Crippen LogP contribution in [0.5, 0.6) is 0 Å². The number of esters is 1. The Morgan fingerprint density at radius 1 is 1.17 bits per heavy atom. The lowest BCUT2D eigenvalue weighted by Crippen LogP contribution is -2.37. The highest BCUT2D eigenvalue weighted by Gasteiger charge is 2.36. The van der Waals surface area contributed by atoms with E-state index in [-0.39, 0.29) is 40.5 Å². The minimum atomic E-state index is -0.762. The quantitative estimate of drug-likeness (QED) is 0.526. The van der Waals surface area contributed by atoms with Gasteiger partial charge in [-0.1, -0.05) is 13.8 Å². The average molecular weight is 498 g/mol. The molecular formula is C25H24FN3O5S. The number of aryl methyl sites for hydroxylation is 1. The number of carbonyl (C=O) groups excluding carboxylic acids is 3. The molecule has 4 rings (SSSR count). The first-order valence-corrected chi connectivity index (χ1v) is 11.8. The lowest BCUT2D eigenvalue weighted by molar-refractivity contribution is 0.0526. The van der Waals surface area contributed by atoms with Crippen molar-refractivity contribution in [2.45, 2.75) is 40.5 Å². The van der Waals surface area contributed by atoms with Crippen molar-refractivity contribution in [2.75, 3.05) is 11.9 Å². The lowest BCUT2D eigenvalue weighted by atomic mass is 9.73. The summed E-state index contributed by atoms with van der Waals surface area (Å²) >= 11 is 0.899. The maximum atomic E-state index is 13.6. The van der Waals surface area contributed by atoms with Crippen LogP contribution in [0, 0.1) is 18.2 Å². The van der Waals surface area contributed by atoms with Crippen LogP contribution in [0.25, 0.3) is 5.69 Å². The third-order valence-electron chi connectivity index (χ3n) is 5.81. The van der Waals surface area contributed by atoms with Gasteiger partial charge in [0.2, 0.25) is 0 Å². The predicted molar refractivity (Wildman–Crippen MR) is 129 cm³/mol. The second kappa shape index (κ2) is 9.18.